The van der Waals surface area contributed by atoms with Crippen molar-refractivity contribution in [3.8, 4) is 11.5 Å². The van der Waals surface area contributed by atoms with Crippen LogP contribution in [-0.2, 0) is 26.6 Å². The Morgan fingerprint density at radius 3 is 2.43 bits per heavy atom. The van der Waals surface area contributed by atoms with Gasteiger partial charge in [-0.1, -0.05) is 19.9 Å². The number of hydrogen-bond donors (Lipinski definition) is 0. The van der Waals surface area contributed by atoms with E-state index >= 15 is 0 Å². The van der Waals surface area contributed by atoms with Gasteiger partial charge in [-0.3, -0.25) is 9.80 Å². The fourth-order valence-electron chi connectivity index (χ4n) is 5.93. The summed E-state index contributed by atoms with van der Waals surface area (Å²) < 4.78 is 13.4. The number of methoxy groups -OCH3 is 2. The number of carbonyl (C=O) groups excluding carboxylic acids is 1. The molecule has 5 rings (SSSR count). The summed E-state index contributed by atoms with van der Waals surface area (Å²) in [5.74, 6) is 1.59. The van der Waals surface area contributed by atoms with Crippen molar-refractivity contribution >= 4 is 6.03 Å². The smallest absolute Gasteiger partial charge is 0.325 e. The van der Waals surface area contributed by atoms with Gasteiger partial charge in [0.2, 0.25) is 0 Å². The zero-order valence-corrected chi connectivity index (χ0v) is 22.1. The monoisotopic (exact) mass is 480 g/mol. The molecule has 0 saturated carbocycles. The summed E-state index contributed by atoms with van der Waals surface area (Å²) in [4.78, 5) is 20.3. The molecule has 2 saturated heterocycles. The van der Waals surface area contributed by atoms with E-state index in [9.17, 15) is 4.79 Å². The molecule has 1 aromatic carbocycles. The number of carbonyl (C=O) groups is 1. The minimum atomic E-state index is -0.226. The normalized spacial score (nSPS) is 18.9. The third-order valence-electron chi connectivity index (χ3n) is 7.74. The number of rotatable bonds is 5. The number of urea groups is 1. The van der Waals surface area contributed by atoms with Crippen molar-refractivity contribution in [2.24, 2.45) is 7.05 Å². The van der Waals surface area contributed by atoms with E-state index in [0.29, 0.717) is 6.54 Å². The zero-order valence-electron chi connectivity index (χ0n) is 22.1. The minimum Gasteiger partial charge on any atom is -0.497 e. The van der Waals surface area contributed by atoms with Gasteiger partial charge in [0.15, 0.2) is 0 Å². The number of amides is 2. The number of nitrogens with zero attached hydrogens (tertiary/aromatic N) is 4. The Morgan fingerprint density at radius 1 is 1.09 bits per heavy atom. The highest BCUT2D eigenvalue weighted by Crippen LogP contribution is 2.46. The Balaban J connectivity index is 0.00000141. The molecule has 0 aliphatic carbocycles. The molecule has 2 amide bonds. The second kappa shape index (κ2) is 10.4. The van der Waals surface area contributed by atoms with E-state index < -0.39 is 0 Å². The maximum Gasteiger partial charge on any atom is 0.325 e. The molecule has 1 aromatic heterocycles. The van der Waals surface area contributed by atoms with Gasteiger partial charge in [0.1, 0.15) is 11.5 Å². The topological polar surface area (TPSA) is 50.2 Å². The van der Waals surface area contributed by atoms with Crippen molar-refractivity contribution in [3.63, 3.8) is 0 Å². The molecule has 35 heavy (non-hydrogen) atoms. The van der Waals surface area contributed by atoms with Gasteiger partial charge in [0.25, 0.3) is 0 Å². The Kier molecular flexibility index (Phi) is 7.45. The quantitative estimate of drug-likeness (QED) is 0.617. The van der Waals surface area contributed by atoms with E-state index in [2.05, 4.69) is 52.7 Å². The van der Waals surface area contributed by atoms with E-state index in [1.807, 2.05) is 30.9 Å². The third kappa shape index (κ3) is 4.31. The summed E-state index contributed by atoms with van der Waals surface area (Å²) in [5, 5.41) is 0. The number of hydrogen-bond acceptors (Lipinski definition) is 4. The summed E-state index contributed by atoms with van der Waals surface area (Å²) in [5.41, 5.74) is 4.51. The number of allylic oxidation sites excluding steroid dienone is 1. The van der Waals surface area contributed by atoms with Crippen LogP contribution >= 0.6 is 0 Å². The van der Waals surface area contributed by atoms with Crippen LogP contribution in [0.25, 0.3) is 0 Å². The van der Waals surface area contributed by atoms with Crippen molar-refractivity contribution in [2.75, 3.05) is 33.9 Å². The van der Waals surface area contributed by atoms with Crippen LogP contribution < -0.4 is 9.47 Å². The molecule has 2 aromatic rings. The lowest BCUT2D eigenvalue weighted by atomic mass is 9.83. The lowest BCUT2D eigenvalue weighted by Crippen LogP contribution is -2.53. The van der Waals surface area contributed by atoms with Gasteiger partial charge in [0, 0.05) is 62.4 Å². The molecule has 1 spiro atoms. The predicted molar refractivity (Wildman–Crippen MR) is 139 cm³/mol. The fraction of sp³-hybridized carbons (Fsp3) is 0.536. The molecule has 7 nitrogen and oxygen atoms in total. The first-order chi connectivity index (χ1) is 17.0. The highest BCUT2D eigenvalue weighted by Gasteiger charge is 2.54. The number of aryl methyl sites for hydroxylation is 1. The van der Waals surface area contributed by atoms with Crippen LogP contribution in [-0.4, -0.2) is 64.7 Å². The first kappa shape index (κ1) is 25.2. The zero-order chi connectivity index (χ0) is 25.2. The number of benzene rings is 1. The first-order valence-corrected chi connectivity index (χ1v) is 12.9. The maximum atomic E-state index is 13.6. The summed E-state index contributed by atoms with van der Waals surface area (Å²) >= 11 is 0. The van der Waals surface area contributed by atoms with E-state index in [1.54, 1.807) is 14.2 Å². The van der Waals surface area contributed by atoms with Crippen LogP contribution in [0.1, 0.15) is 50.4 Å². The summed E-state index contributed by atoms with van der Waals surface area (Å²) in [6.07, 6.45) is 7.05. The number of ether oxygens (including phenoxy) is 2. The molecule has 0 bridgehead atoms. The number of likely N-dealkylation sites (tertiary alicyclic amines) is 1. The first-order valence-electron chi connectivity index (χ1n) is 12.9. The molecule has 0 unspecified atom stereocenters. The third-order valence-corrected chi connectivity index (χ3v) is 7.74. The number of aromatic nitrogens is 1. The van der Waals surface area contributed by atoms with Crippen molar-refractivity contribution < 1.29 is 14.3 Å². The van der Waals surface area contributed by atoms with Crippen molar-refractivity contribution in [2.45, 2.75) is 58.7 Å². The lowest BCUT2D eigenvalue weighted by Gasteiger charge is -2.44. The highest BCUT2D eigenvalue weighted by atomic mass is 16.5. The van der Waals surface area contributed by atoms with E-state index in [1.165, 1.54) is 11.4 Å². The Morgan fingerprint density at radius 2 is 1.83 bits per heavy atom. The van der Waals surface area contributed by atoms with E-state index in [-0.39, 0.29) is 11.6 Å². The maximum absolute atomic E-state index is 13.6. The fourth-order valence-corrected chi connectivity index (χ4v) is 5.93. The Labute approximate surface area is 209 Å². The number of fused-ring (bicyclic) bond motifs is 3. The van der Waals surface area contributed by atoms with Crippen LogP contribution in [0.4, 0.5) is 4.79 Å². The highest BCUT2D eigenvalue weighted by molar-refractivity contribution is 5.83. The van der Waals surface area contributed by atoms with Gasteiger partial charge < -0.3 is 18.9 Å². The average molecular weight is 481 g/mol. The molecular weight excluding hydrogens is 440 g/mol. The van der Waals surface area contributed by atoms with Gasteiger partial charge >= 0.3 is 6.03 Å². The molecule has 0 N–H and O–H groups in total. The van der Waals surface area contributed by atoms with E-state index in [4.69, 9.17) is 9.47 Å². The molecule has 0 atom stereocenters. The second-order valence-corrected chi connectivity index (χ2v) is 9.29. The molecule has 190 valence electrons. The van der Waals surface area contributed by atoms with Gasteiger partial charge in [0.05, 0.1) is 26.3 Å². The van der Waals surface area contributed by atoms with Crippen molar-refractivity contribution in [3.05, 3.63) is 59.1 Å². The number of likely N-dealkylation sites (N-methyl/N-ethyl adjacent to an activating group) is 1. The van der Waals surface area contributed by atoms with Crippen LogP contribution in [0, 0.1) is 0 Å². The van der Waals surface area contributed by atoms with E-state index in [0.717, 1.165) is 68.1 Å². The molecular formula is C28H40N4O3. The van der Waals surface area contributed by atoms with Gasteiger partial charge in [-0.05, 0) is 49.9 Å². The van der Waals surface area contributed by atoms with Crippen LogP contribution in [0.3, 0.4) is 0 Å². The molecule has 0 radical (unpaired) electrons. The largest absolute Gasteiger partial charge is 0.497 e. The van der Waals surface area contributed by atoms with Crippen LogP contribution in [0.5, 0.6) is 11.5 Å². The summed E-state index contributed by atoms with van der Waals surface area (Å²) in [7, 11) is 5.46. The number of piperidine rings is 1. The minimum absolute atomic E-state index is 0.120. The van der Waals surface area contributed by atoms with Crippen LogP contribution in [0.15, 0.2) is 42.2 Å². The Hall–Kier alpha value is -2.93. The molecule has 4 heterocycles. The molecule has 3 aliphatic heterocycles. The molecule has 2 fully saturated rings. The summed E-state index contributed by atoms with van der Waals surface area (Å²) in [6, 6.07) is 8.40. The van der Waals surface area contributed by atoms with Crippen molar-refractivity contribution in [1.82, 2.24) is 19.3 Å². The standard InChI is InChI=1S/C26H34N4O3.C2H6/c1-5-30-25(31)29-17-19-15-21(32-3)16-23(33-4)22(19)8-9-24(29)26(30)10-13-28(14-11-26)18-20-7-6-12-27(20)2;1-2/h6-7,9,12,15-16H,5,8,10-11,13-14,17-18H2,1-4H3;1-2H3. The van der Waals surface area contributed by atoms with Crippen molar-refractivity contribution in [1.29, 1.82) is 0 Å². The van der Waals surface area contributed by atoms with Gasteiger partial charge in [-0.2, -0.15) is 0 Å². The predicted octanol–water partition coefficient (Wildman–Crippen LogP) is 4.80. The van der Waals surface area contributed by atoms with Gasteiger partial charge in [-0.15, -0.1) is 0 Å². The summed E-state index contributed by atoms with van der Waals surface area (Å²) in [6.45, 7) is 10.3. The molecule has 3 aliphatic rings. The lowest BCUT2D eigenvalue weighted by molar-refractivity contribution is 0.0878. The van der Waals surface area contributed by atoms with Crippen LogP contribution in [0.2, 0.25) is 0 Å². The Bertz CT molecular complexity index is 1080. The SMILES string of the molecule is CC.CCN1C(=O)N2Cc3cc(OC)cc(OC)c3CC=C2C12CCN(Cc1cccn1C)CC2. The average Bonchev–Trinajstić information content (AvgIpc) is 3.29. The van der Waals surface area contributed by atoms with Gasteiger partial charge in [-0.25, -0.2) is 4.79 Å². The molecule has 7 heteroatoms. The second-order valence-electron chi connectivity index (χ2n) is 9.29.